The summed E-state index contributed by atoms with van der Waals surface area (Å²) in [6, 6.07) is 8.42. The maximum Gasteiger partial charge on any atom is 0.254 e. The van der Waals surface area contributed by atoms with Crippen LogP contribution in [0.3, 0.4) is 0 Å². The number of furan rings is 1. The van der Waals surface area contributed by atoms with Gasteiger partial charge in [-0.25, -0.2) is 8.42 Å². The molecule has 0 saturated heterocycles. The lowest BCUT2D eigenvalue weighted by molar-refractivity contribution is 0.0955. The minimum absolute atomic E-state index is 0.0269. The van der Waals surface area contributed by atoms with Gasteiger partial charge in [0.05, 0.1) is 22.5 Å². The van der Waals surface area contributed by atoms with E-state index in [0.717, 1.165) is 5.56 Å². The van der Waals surface area contributed by atoms with Gasteiger partial charge in [0.1, 0.15) is 6.26 Å². The van der Waals surface area contributed by atoms with Crippen molar-refractivity contribution in [3.05, 3.63) is 54.0 Å². The maximum atomic E-state index is 12.3. The molecule has 0 aliphatic carbocycles. The number of hydrogen-bond donors (Lipinski definition) is 1. The van der Waals surface area contributed by atoms with Crippen LogP contribution < -0.4 is 5.32 Å². The summed E-state index contributed by atoms with van der Waals surface area (Å²) in [4.78, 5) is 12.0. The average Bonchev–Trinajstić information content (AvgIpc) is 3.00. The summed E-state index contributed by atoms with van der Waals surface area (Å²) >= 11 is 0. The number of benzene rings is 1. The van der Waals surface area contributed by atoms with Crippen molar-refractivity contribution in [3.63, 3.8) is 0 Å². The molecule has 2 aromatic rings. The van der Waals surface area contributed by atoms with E-state index in [1.807, 2.05) is 12.1 Å². The third-order valence-electron chi connectivity index (χ3n) is 3.52. The smallest absolute Gasteiger partial charge is 0.254 e. The van der Waals surface area contributed by atoms with Gasteiger partial charge in [0.25, 0.3) is 5.91 Å². The second-order valence-corrected chi connectivity index (χ2v) is 8.47. The number of carbonyl (C=O) groups excluding carboxylic acids is 1. The van der Waals surface area contributed by atoms with Crippen molar-refractivity contribution in [1.29, 1.82) is 0 Å². The van der Waals surface area contributed by atoms with Crippen LogP contribution in [0.15, 0.2) is 52.2 Å². The Morgan fingerprint density at radius 2 is 1.78 bits per heavy atom. The molecule has 5 nitrogen and oxygen atoms in total. The van der Waals surface area contributed by atoms with Crippen LogP contribution in [0, 0.1) is 0 Å². The molecule has 1 N–H and O–H groups in total. The Hall–Kier alpha value is -2.08. The molecule has 1 amide bonds. The van der Waals surface area contributed by atoms with Gasteiger partial charge in [-0.05, 0) is 29.2 Å². The summed E-state index contributed by atoms with van der Waals surface area (Å²) in [5, 5.41) is 2.57. The fourth-order valence-corrected chi connectivity index (χ4v) is 3.23. The predicted octanol–water partition coefficient (Wildman–Crippen LogP) is 2.78. The standard InChI is InChI=1S/C17H21NO4S/c1-17(2,3)14-4-6-15(7-5-14)23(20,21)11-9-18-16(19)13-8-10-22-12-13/h4-8,10,12H,9,11H2,1-3H3,(H,18,19). The number of carbonyl (C=O) groups is 1. The lowest BCUT2D eigenvalue weighted by Gasteiger charge is -2.19. The largest absolute Gasteiger partial charge is 0.472 e. The Balaban J connectivity index is 1.98. The lowest BCUT2D eigenvalue weighted by atomic mass is 9.87. The molecule has 1 heterocycles. The number of rotatable bonds is 5. The van der Waals surface area contributed by atoms with Crippen molar-refractivity contribution in [3.8, 4) is 0 Å². The number of sulfone groups is 1. The van der Waals surface area contributed by atoms with E-state index in [0.29, 0.717) is 5.56 Å². The first kappa shape index (κ1) is 17.3. The van der Waals surface area contributed by atoms with Gasteiger partial charge in [-0.3, -0.25) is 4.79 Å². The molecule has 0 aliphatic heterocycles. The van der Waals surface area contributed by atoms with Crippen molar-refractivity contribution in [2.24, 2.45) is 0 Å². The highest BCUT2D eigenvalue weighted by Crippen LogP contribution is 2.23. The quantitative estimate of drug-likeness (QED) is 0.911. The van der Waals surface area contributed by atoms with E-state index in [1.54, 1.807) is 12.1 Å². The van der Waals surface area contributed by atoms with Crippen LogP contribution in [0.5, 0.6) is 0 Å². The maximum absolute atomic E-state index is 12.3. The van der Waals surface area contributed by atoms with Crippen molar-refractivity contribution >= 4 is 15.7 Å². The highest BCUT2D eigenvalue weighted by Gasteiger charge is 2.18. The van der Waals surface area contributed by atoms with Crippen LogP contribution >= 0.6 is 0 Å². The summed E-state index contributed by atoms with van der Waals surface area (Å²) < 4.78 is 29.4. The van der Waals surface area contributed by atoms with Crippen LogP contribution in [-0.4, -0.2) is 26.6 Å². The van der Waals surface area contributed by atoms with Crippen LogP contribution in [0.2, 0.25) is 0 Å². The molecule has 1 aromatic carbocycles. The molecule has 1 aromatic heterocycles. The normalized spacial score (nSPS) is 12.1. The molecule has 124 valence electrons. The molecule has 0 aliphatic rings. The van der Waals surface area contributed by atoms with E-state index >= 15 is 0 Å². The van der Waals surface area contributed by atoms with Crippen LogP contribution in [0.4, 0.5) is 0 Å². The molecule has 0 atom stereocenters. The first-order valence-corrected chi connectivity index (χ1v) is 8.99. The number of hydrogen-bond acceptors (Lipinski definition) is 4. The molecule has 0 radical (unpaired) electrons. The Labute approximate surface area is 136 Å². The molecule has 0 saturated carbocycles. The molecule has 0 bridgehead atoms. The third-order valence-corrected chi connectivity index (χ3v) is 5.25. The first-order chi connectivity index (χ1) is 10.7. The van der Waals surface area contributed by atoms with E-state index in [4.69, 9.17) is 4.42 Å². The van der Waals surface area contributed by atoms with Gasteiger partial charge in [0, 0.05) is 6.54 Å². The van der Waals surface area contributed by atoms with Crippen LogP contribution in [0.25, 0.3) is 0 Å². The van der Waals surface area contributed by atoms with Crippen molar-refractivity contribution in [2.45, 2.75) is 31.1 Å². The molecule has 0 spiro atoms. The zero-order valence-electron chi connectivity index (χ0n) is 13.5. The van der Waals surface area contributed by atoms with Crippen LogP contribution in [0.1, 0.15) is 36.7 Å². The van der Waals surface area contributed by atoms with Gasteiger partial charge >= 0.3 is 0 Å². The van der Waals surface area contributed by atoms with Gasteiger partial charge in [0.15, 0.2) is 9.84 Å². The molecular formula is C17H21NO4S. The fraction of sp³-hybridized carbons (Fsp3) is 0.353. The summed E-state index contributed by atoms with van der Waals surface area (Å²) in [5.74, 6) is -0.497. The minimum atomic E-state index is -3.43. The second-order valence-electron chi connectivity index (χ2n) is 6.36. The Morgan fingerprint density at radius 1 is 1.13 bits per heavy atom. The average molecular weight is 335 g/mol. The second kappa shape index (κ2) is 6.58. The molecule has 6 heteroatoms. The lowest BCUT2D eigenvalue weighted by Crippen LogP contribution is -2.28. The number of amides is 1. The van der Waals surface area contributed by atoms with Crippen molar-refractivity contribution in [2.75, 3.05) is 12.3 Å². The minimum Gasteiger partial charge on any atom is -0.472 e. The van der Waals surface area contributed by atoms with Crippen molar-refractivity contribution in [1.82, 2.24) is 5.32 Å². The predicted molar refractivity (Wildman–Crippen MR) is 88.2 cm³/mol. The van der Waals surface area contributed by atoms with Gasteiger partial charge in [-0.2, -0.15) is 0 Å². The van der Waals surface area contributed by atoms with E-state index in [1.165, 1.54) is 18.6 Å². The molecule has 23 heavy (non-hydrogen) atoms. The Kier molecular flexibility index (Phi) is 4.94. The Bertz CT molecular complexity index is 754. The van der Waals surface area contributed by atoms with Gasteiger partial charge in [0.2, 0.25) is 0 Å². The third kappa shape index (κ3) is 4.45. The monoisotopic (exact) mass is 335 g/mol. The number of nitrogens with one attached hydrogen (secondary N) is 1. The van der Waals surface area contributed by atoms with E-state index < -0.39 is 9.84 Å². The molecule has 0 unspecified atom stereocenters. The summed E-state index contributed by atoms with van der Waals surface area (Å²) in [5.41, 5.74) is 1.42. The SMILES string of the molecule is CC(C)(C)c1ccc(S(=O)(=O)CCNC(=O)c2ccoc2)cc1. The summed E-state index contributed by atoms with van der Waals surface area (Å²) in [6.45, 7) is 6.26. The fourth-order valence-electron chi connectivity index (χ4n) is 2.07. The highest BCUT2D eigenvalue weighted by molar-refractivity contribution is 7.91. The van der Waals surface area contributed by atoms with Crippen LogP contribution in [-0.2, 0) is 15.3 Å². The highest BCUT2D eigenvalue weighted by atomic mass is 32.2. The summed E-state index contributed by atoms with van der Waals surface area (Å²) in [7, 11) is -3.43. The zero-order valence-corrected chi connectivity index (χ0v) is 14.3. The van der Waals surface area contributed by atoms with Crippen molar-refractivity contribution < 1.29 is 17.6 Å². The van der Waals surface area contributed by atoms with Gasteiger partial charge in [-0.1, -0.05) is 32.9 Å². The molecule has 2 rings (SSSR count). The Morgan fingerprint density at radius 3 is 2.30 bits per heavy atom. The molecule has 0 fully saturated rings. The summed E-state index contributed by atoms with van der Waals surface area (Å²) in [6.07, 6.45) is 2.71. The molecular weight excluding hydrogens is 314 g/mol. The first-order valence-electron chi connectivity index (χ1n) is 7.34. The van der Waals surface area contributed by atoms with E-state index in [9.17, 15) is 13.2 Å². The van der Waals surface area contributed by atoms with E-state index in [-0.39, 0.29) is 28.5 Å². The zero-order chi connectivity index (χ0) is 17.1. The van der Waals surface area contributed by atoms with Gasteiger partial charge in [-0.15, -0.1) is 0 Å². The topological polar surface area (TPSA) is 76.4 Å². The van der Waals surface area contributed by atoms with Gasteiger partial charge < -0.3 is 9.73 Å². The van der Waals surface area contributed by atoms with E-state index in [2.05, 4.69) is 26.1 Å².